The molecule has 1 saturated heterocycles. The van der Waals surface area contributed by atoms with Crippen molar-refractivity contribution in [1.29, 1.82) is 0 Å². The maximum Gasteiger partial charge on any atom is 0.243 e. The second-order valence-corrected chi connectivity index (χ2v) is 10.8. The van der Waals surface area contributed by atoms with Gasteiger partial charge in [-0.2, -0.15) is 4.31 Å². The number of carbonyl (C=O) groups excluding carboxylic acids is 1. The van der Waals surface area contributed by atoms with E-state index >= 15 is 0 Å². The minimum absolute atomic E-state index is 0.0351. The van der Waals surface area contributed by atoms with Gasteiger partial charge >= 0.3 is 0 Å². The number of rotatable bonds is 4. The lowest BCUT2D eigenvalue weighted by atomic mass is 10.3. The summed E-state index contributed by atoms with van der Waals surface area (Å²) in [5, 5.41) is 0.393. The number of amides is 1. The van der Waals surface area contributed by atoms with Crippen molar-refractivity contribution in [1.82, 2.24) is 9.21 Å². The molecular formula is C16H23ClN2O3S2. The fraction of sp³-hybridized carbons (Fsp3) is 0.562. The Morgan fingerprint density at radius 3 is 2.38 bits per heavy atom. The highest BCUT2D eigenvalue weighted by Crippen LogP contribution is 2.24. The molecule has 1 aromatic carbocycles. The van der Waals surface area contributed by atoms with Crippen LogP contribution in [0.1, 0.15) is 20.8 Å². The Kier molecular flexibility index (Phi) is 6.23. The SMILES string of the molecule is CC(C)(C)SCC(=O)N1CCN(S(=O)(=O)c2cccc(Cl)c2)CC1. The second kappa shape index (κ2) is 7.64. The van der Waals surface area contributed by atoms with Crippen LogP contribution < -0.4 is 0 Å². The van der Waals surface area contributed by atoms with Gasteiger partial charge in [0.25, 0.3) is 0 Å². The maximum absolute atomic E-state index is 12.6. The van der Waals surface area contributed by atoms with Crippen molar-refractivity contribution in [2.75, 3.05) is 31.9 Å². The van der Waals surface area contributed by atoms with Gasteiger partial charge in [0.05, 0.1) is 10.6 Å². The Labute approximate surface area is 153 Å². The van der Waals surface area contributed by atoms with Crippen LogP contribution in [0.5, 0.6) is 0 Å². The standard InChI is InChI=1S/C16H23ClN2O3S2/c1-16(2,3)23-12-15(20)18-7-9-19(10-8-18)24(21,22)14-6-4-5-13(17)11-14/h4-6,11H,7-10,12H2,1-3H3. The summed E-state index contributed by atoms with van der Waals surface area (Å²) in [5.41, 5.74) is 0. The zero-order chi connectivity index (χ0) is 18.0. The van der Waals surface area contributed by atoms with Gasteiger partial charge in [-0.1, -0.05) is 38.4 Å². The van der Waals surface area contributed by atoms with Crippen LogP contribution in [-0.4, -0.2) is 60.2 Å². The molecule has 1 heterocycles. The van der Waals surface area contributed by atoms with Gasteiger partial charge in [-0.25, -0.2) is 8.42 Å². The zero-order valence-corrected chi connectivity index (χ0v) is 16.5. The summed E-state index contributed by atoms with van der Waals surface area (Å²) >= 11 is 7.49. The Morgan fingerprint density at radius 1 is 1.21 bits per heavy atom. The van der Waals surface area contributed by atoms with Gasteiger partial charge in [-0.3, -0.25) is 4.79 Å². The molecule has 2 rings (SSSR count). The van der Waals surface area contributed by atoms with Gasteiger partial charge in [0.2, 0.25) is 15.9 Å². The van der Waals surface area contributed by atoms with Crippen LogP contribution >= 0.6 is 23.4 Å². The number of benzene rings is 1. The molecule has 0 radical (unpaired) electrons. The molecule has 134 valence electrons. The molecule has 0 aromatic heterocycles. The van der Waals surface area contributed by atoms with Gasteiger partial charge in [0, 0.05) is 35.9 Å². The van der Waals surface area contributed by atoms with E-state index in [2.05, 4.69) is 20.8 Å². The topological polar surface area (TPSA) is 57.7 Å². The van der Waals surface area contributed by atoms with Gasteiger partial charge in [0.1, 0.15) is 0 Å². The number of nitrogens with zero attached hydrogens (tertiary/aromatic N) is 2. The fourth-order valence-electron chi connectivity index (χ4n) is 2.32. The third-order valence-corrected chi connectivity index (χ3v) is 7.04. The van der Waals surface area contributed by atoms with Crippen LogP contribution in [0.3, 0.4) is 0 Å². The first kappa shape index (κ1) is 19.6. The normalized spacial score (nSPS) is 17.1. The number of sulfonamides is 1. The van der Waals surface area contributed by atoms with Crippen LogP contribution in [0, 0.1) is 0 Å². The van der Waals surface area contributed by atoms with E-state index in [4.69, 9.17) is 11.6 Å². The molecule has 1 fully saturated rings. The molecule has 1 amide bonds. The quantitative estimate of drug-likeness (QED) is 0.793. The molecule has 0 spiro atoms. The van der Waals surface area contributed by atoms with Crippen LogP contribution in [0.2, 0.25) is 5.02 Å². The summed E-state index contributed by atoms with van der Waals surface area (Å²) < 4.78 is 26.7. The number of hydrogen-bond donors (Lipinski definition) is 0. The molecule has 0 N–H and O–H groups in total. The van der Waals surface area contributed by atoms with Crippen LogP contribution in [0.25, 0.3) is 0 Å². The van der Waals surface area contributed by atoms with Gasteiger partial charge in [-0.05, 0) is 18.2 Å². The first-order valence-corrected chi connectivity index (χ1v) is 10.6. The molecule has 24 heavy (non-hydrogen) atoms. The van der Waals surface area contributed by atoms with Crippen molar-refractivity contribution < 1.29 is 13.2 Å². The Balaban J connectivity index is 1.96. The predicted octanol–water partition coefficient (Wildman–Crippen LogP) is 2.70. The number of carbonyl (C=O) groups is 1. The molecule has 0 atom stereocenters. The van der Waals surface area contributed by atoms with Crippen LogP contribution in [-0.2, 0) is 14.8 Å². The van der Waals surface area contributed by atoms with E-state index < -0.39 is 10.0 Å². The summed E-state index contributed by atoms with van der Waals surface area (Å²) in [7, 11) is -3.56. The fourth-order valence-corrected chi connectivity index (χ4v) is 4.79. The van der Waals surface area contributed by atoms with Gasteiger partial charge < -0.3 is 4.90 Å². The van der Waals surface area contributed by atoms with E-state index in [0.29, 0.717) is 37.0 Å². The summed E-state index contributed by atoms with van der Waals surface area (Å²) in [5.74, 6) is 0.486. The van der Waals surface area contributed by atoms with Crippen molar-refractivity contribution >= 4 is 39.3 Å². The molecule has 8 heteroatoms. The third-order valence-electron chi connectivity index (χ3n) is 3.65. The van der Waals surface area contributed by atoms with Crippen LogP contribution in [0.15, 0.2) is 29.2 Å². The first-order valence-electron chi connectivity index (χ1n) is 7.77. The molecule has 1 aliphatic rings. The molecule has 0 unspecified atom stereocenters. The Morgan fingerprint density at radius 2 is 1.83 bits per heavy atom. The molecule has 0 bridgehead atoms. The van der Waals surface area contributed by atoms with Crippen molar-refractivity contribution in [2.24, 2.45) is 0 Å². The van der Waals surface area contributed by atoms with Crippen molar-refractivity contribution in [2.45, 2.75) is 30.4 Å². The largest absolute Gasteiger partial charge is 0.339 e. The monoisotopic (exact) mass is 390 g/mol. The van der Waals surface area contributed by atoms with Crippen LogP contribution in [0.4, 0.5) is 0 Å². The van der Waals surface area contributed by atoms with Crippen molar-refractivity contribution in [3.63, 3.8) is 0 Å². The number of thioether (sulfide) groups is 1. The van der Waals surface area contributed by atoms with Gasteiger partial charge in [0.15, 0.2) is 0 Å². The summed E-state index contributed by atoms with van der Waals surface area (Å²) in [6, 6.07) is 6.26. The second-order valence-electron chi connectivity index (χ2n) is 6.64. The molecule has 5 nitrogen and oxygen atoms in total. The summed E-state index contributed by atoms with van der Waals surface area (Å²) in [6.45, 7) is 7.66. The van der Waals surface area contributed by atoms with Gasteiger partial charge in [-0.15, -0.1) is 11.8 Å². The Hall–Kier alpha value is -0.760. The van der Waals surface area contributed by atoms with Crippen molar-refractivity contribution in [3.8, 4) is 0 Å². The minimum atomic E-state index is -3.56. The van der Waals surface area contributed by atoms with E-state index in [9.17, 15) is 13.2 Å². The molecule has 1 aromatic rings. The van der Waals surface area contributed by atoms with E-state index in [1.807, 2.05) is 0 Å². The molecule has 0 saturated carbocycles. The first-order chi connectivity index (χ1) is 11.1. The third kappa shape index (κ3) is 5.12. The summed E-state index contributed by atoms with van der Waals surface area (Å²) in [6.07, 6.45) is 0. The predicted molar refractivity (Wildman–Crippen MR) is 99.0 cm³/mol. The highest BCUT2D eigenvalue weighted by molar-refractivity contribution is 8.01. The average molecular weight is 391 g/mol. The minimum Gasteiger partial charge on any atom is -0.339 e. The van der Waals surface area contributed by atoms with E-state index in [0.717, 1.165) is 0 Å². The van der Waals surface area contributed by atoms with E-state index in [1.165, 1.54) is 10.4 Å². The van der Waals surface area contributed by atoms with Crippen molar-refractivity contribution in [3.05, 3.63) is 29.3 Å². The number of piperazine rings is 1. The number of halogens is 1. The zero-order valence-electron chi connectivity index (χ0n) is 14.2. The number of hydrogen-bond acceptors (Lipinski definition) is 4. The van der Waals surface area contributed by atoms with E-state index in [-0.39, 0.29) is 15.5 Å². The average Bonchev–Trinajstić information content (AvgIpc) is 2.52. The lowest BCUT2D eigenvalue weighted by Crippen LogP contribution is -2.51. The lowest BCUT2D eigenvalue weighted by molar-refractivity contribution is -0.129. The lowest BCUT2D eigenvalue weighted by Gasteiger charge is -2.34. The highest BCUT2D eigenvalue weighted by Gasteiger charge is 2.30. The Bertz CT molecular complexity index is 694. The molecule has 0 aliphatic carbocycles. The van der Waals surface area contributed by atoms with E-state index in [1.54, 1.807) is 34.9 Å². The smallest absolute Gasteiger partial charge is 0.243 e. The highest BCUT2D eigenvalue weighted by atomic mass is 35.5. The molecular weight excluding hydrogens is 368 g/mol. The summed E-state index contributed by atoms with van der Waals surface area (Å²) in [4.78, 5) is 14.2. The maximum atomic E-state index is 12.6. The molecule has 1 aliphatic heterocycles.